The van der Waals surface area contributed by atoms with Gasteiger partial charge in [0.15, 0.2) is 0 Å². The summed E-state index contributed by atoms with van der Waals surface area (Å²) in [7, 11) is 0. The first-order chi connectivity index (χ1) is 12.9. The Hall–Kier alpha value is -2.16. The van der Waals surface area contributed by atoms with E-state index < -0.39 is 29.9 Å². The molecule has 1 aliphatic heterocycles. The monoisotopic (exact) mass is 404 g/mol. The highest BCUT2D eigenvalue weighted by Gasteiger charge is 2.46. The number of aryl methyl sites for hydroxylation is 1. The van der Waals surface area contributed by atoms with Gasteiger partial charge in [0.1, 0.15) is 5.82 Å². The van der Waals surface area contributed by atoms with Crippen LogP contribution in [0.2, 0.25) is 0 Å². The Morgan fingerprint density at radius 1 is 1.21 bits per heavy atom. The van der Waals surface area contributed by atoms with Gasteiger partial charge < -0.3 is 14.9 Å². The molecular weight excluding hydrogens is 380 g/mol. The van der Waals surface area contributed by atoms with E-state index in [1.54, 1.807) is 26.8 Å². The van der Waals surface area contributed by atoms with Crippen molar-refractivity contribution in [2.45, 2.75) is 58.0 Å². The molecule has 0 bridgehead atoms. The minimum absolute atomic E-state index is 0.0243. The molecule has 2 amide bonds. The Kier molecular flexibility index (Phi) is 6.69. The topological polar surface area (TPSA) is 60.9 Å². The van der Waals surface area contributed by atoms with Crippen molar-refractivity contribution in [1.29, 1.82) is 0 Å². The fraction of sp³-hybridized carbons (Fsp3) is 0.579. The van der Waals surface area contributed by atoms with Crippen LogP contribution in [-0.2, 0) is 4.79 Å². The van der Waals surface area contributed by atoms with E-state index in [9.17, 15) is 27.2 Å². The molecule has 1 fully saturated rings. The standard InChI is InChI=1S/C19H24F4N2O3/c1-11(2)25(17(27)14-5-4-12(3)10-15(14)20)13-6-8-24(9-7-13)18(28)16(26)19(21,22)23/h4-5,10-11,13,16,26H,6-9H2,1-3H3/t16-/m1/s1. The van der Waals surface area contributed by atoms with Crippen molar-refractivity contribution >= 4 is 11.8 Å². The lowest BCUT2D eigenvalue weighted by Crippen LogP contribution is -2.54. The smallest absolute Gasteiger partial charge is 0.376 e. The molecule has 1 heterocycles. The van der Waals surface area contributed by atoms with Gasteiger partial charge in [-0.3, -0.25) is 9.59 Å². The molecule has 1 aromatic carbocycles. The van der Waals surface area contributed by atoms with E-state index in [0.717, 1.165) is 4.90 Å². The second-order valence-corrected chi connectivity index (χ2v) is 7.29. The predicted molar refractivity (Wildman–Crippen MR) is 94.1 cm³/mol. The molecule has 1 saturated heterocycles. The van der Waals surface area contributed by atoms with Gasteiger partial charge in [0.25, 0.3) is 11.8 Å². The summed E-state index contributed by atoms with van der Waals surface area (Å²) in [5, 5.41) is 9.14. The first-order valence-electron chi connectivity index (χ1n) is 9.06. The number of carbonyl (C=O) groups is 2. The summed E-state index contributed by atoms with van der Waals surface area (Å²) in [5.41, 5.74) is 0.616. The summed E-state index contributed by atoms with van der Waals surface area (Å²) < 4.78 is 51.8. The number of halogens is 4. The maximum atomic E-state index is 14.2. The van der Waals surface area contributed by atoms with Crippen LogP contribution in [0.15, 0.2) is 18.2 Å². The lowest BCUT2D eigenvalue weighted by atomic mass is 9.99. The average Bonchev–Trinajstić information content (AvgIpc) is 2.60. The third-order valence-corrected chi connectivity index (χ3v) is 4.86. The minimum atomic E-state index is -5.02. The van der Waals surface area contributed by atoms with E-state index in [0.29, 0.717) is 5.56 Å². The van der Waals surface area contributed by atoms with Gasteiger partial charge in [0.05, 0.1) is 5.56 Å². The van der Waals surface area contributed by atoms with Gasteiger partial charge in [-0.05, 0) is 51.3 Å². The number of amides is 2. The maximum absolute atomic E-state index is 14.2. The fourth-order valence-electron chi connectivity index (χ4n) is 3.43. The zero-order valence-corrected chi connectivity index (χ0v) is 16.0. The number of benzene rings is 1. The van der Waals surface area contributed by atoms with Gasteiger partial charge in [-0.15, -0.1) is 0 Å². The Morgan fingerprint density at radius 3 is 2.25 bits per heavy atom. The number of piperidine rings is 1. The summed E-state index contributed by atoms with van der Waals surface area (Å²) in [6.07, 6.45) is -7.58. The molecule has 9 heteroatoms. The zero-order valence-electron chi connectivity index (χ0n) is 16.0. The SMILES string of the molecule is Cc1ccc(C(=O)N(C(C)C)C2CCN(C(=O)[C@@H](O)C(F)(F)F)CC2)c(F)c1. The van der Waals surface area contributed by atoms with Crippen molar-refractivity contribution in [1.82, 2.24) is 9.80 Å². The summed E-state index contributed by atoms with van der Waals surface area (Å²) >= 11 is 0. The van der Waals surface area contributed by atoms with Gasteiger partial charge in [0.2, 0.25) is 6.10 Å². The lowest BCUT2D eigenvalue weighted by Gasteiger charge is -2.41. The molecule has 1 aromatic rings. The van der Waals surface area contributed by atoms with E-state index in [1.807, 2.05) is 0 Å². The van der Waals surface area contributed by atoms with Crippen molar-refractivity contribution in [2.75, 3.05) is 13.1 Å². The number of hydrogen-bond acceptors (Lipinski definition) is 3. The molecule has 0 spiro atoms. The number of hydrogen-bond donors (Lipinski definition) is 1. The van der Waals surface area contributed by atoms with Crippen LogP contribution in [0.3, 0.4) is 0 Å². The van der Waals surface area contributed by atoms with Crippen LogP contribution in [0.25, 0.3) is 0 Å². The highest BCUT2D eigenvalue weighted by molar-refractivity contribution is 5.95. The minimum Gasteiger partial charge on any atom is -0.376 e. The van der Waals surface area contributed by atoms with Crippen LogP contribution in [0.4, 0.5) is 17.6 Å². The fourth-order valence-corrected chi connectivity index (χ4v) is 3.43. The van der Waals surface area contributed by atoms with E-state index >= 15 is 0 Å². The Morgan fingerprint density at radius 2 is 1.79 bits per heavy atom. The summed E-state index contributed by atoms with van der Waals surface area (Å²) in [4.78, 5) is 27.2. The van der Waals surface area contributed by atoms with Crippen molar-refractivity contribution in [2.24, 2.45) is 0 Å². The van der Waals surface area contributed by atoms with Crippen molar-refractivity contribution < 1.29 is 32.3 Å². The number of aliphatic hydroxyl groups is 1. The third kappa shape index (κ3) is 4.81. The predicted octanol–water partition coefficient (Wildman–Crippen LogP) is 2.90. The van der Waals surface area contributed by atoms with Gasteiger partial charge in [-0.2, -0.15) is 13.2 Å². The number of rotatable bonds is 4. The zero-order chi connectivity index (χ0) is 21.2. The van der Waals surface area contributed by atoms with Crippen LogP contribution in [-0.4, -0.2) is 64.2 Å². The van der Waals surface area contributed by atoms with E-state index in [2.05, 4.69) is 0 Å². The second kappa shape index (κ2) is 8.46. The highest BCUT2D eigenvalue weighted by atomic mass is 19.4. The lowest BCUT2D eigenvalue weighted by molar-refractivity contribution is -0.211. The van der Waals surface area contributed by atoms with Crippen molar-refractivity contribution in [3.8, 4) is 0 Å². The molecule has 0 aliphatic carbocycles. The first kappa shape index (κ1) is 22.1. The number of alkyl halides is 3. The summed E-state index contributed by atoms with van der Waals surface area (Å²) in [6, 6.07) is 3.71. The number of aliphatic hydroxyl groups excluding tert-OH is 1. The Balaban J connectivity index is 2.11. The van der Waals surface area contributed by atoms with E-state index in [-0.39, 0.29) is 43.6 Å². The molecule has 156 valence electrons. The van der Waals surface area contributed by atoms with Gasteiger partial charge in [-0.25, -0.2) is 4.39 Å². The third-order valence-electron chi connectivity index (χ3n) is 4.86. The first-order valence-corrected chi connectivity index (χ1v) is 9.06. The normalized spacial score (nSPS) is 17.0. The molecule has 0 unspecified atom stereocenters. The molecule has 1 N–H and O–H groups in total. The number of carbonyl (C=O) groups excluding carboxylic acids is 2. The van der Waals surface area contributed by atoms with Gasteiger partial charge in [-0.1, -0.05) is 6.07 Å². The molecule has 5 nitrogen and oxygen atoms in total. The van der Waals surface area contributed by atoms with E-state index in [1.165, 1.54) is 17.0 Å². The largest absolute Gasteiger partial charge is 0.423 e. The highest BCUT2D eigenvalue weighted by Crippen LogP contribution is 2.26. The van der Waals surface area contributed by atoms with Crippen LogP contribution in [0.5, 0.6) is 0 Å². The molecule has 1 aliphatic rings. The van der Waals surface area contributed by atoms with Crippen molar-refractivity contribution in [3.05, 3.63) is 35.1 Å². The number of likely N-dealkylation sites (tertiary alicyclic amines) is 1. The molecule has 0 aromatic heterocycles. The Bertz CT molecular complexity index is 728. The molecule has 0 saturated carbocycles. The van der Waals surface area contributed by atoms with Crippen LogP contribution >= 0.6 is 0 Å². The quantitative estimate of drug-likeness (QED) is 0.785. The molecule has 28 heavy (non-hydrogen) atoms. The van der Waals surface area contributed by atoms with Crippen LogP contribution < -0.4 is 0 Å². The average molecular weight is 404 g/mol. The van der Waals surface area contributed by atoms with Crippen LogP contribution in [0, 0.1) is 12.7 Å². The Labute approximate surface area is 160 Å². The van der Waals surface area contributed by atoms with Gasteiger partial charge in [0, 0.05) is 25.2 Å². The summed E-state index contributed by atoms with van der Waals surface area (Å²) in [6.45, 7) is 5.20. The van der Waals surface area contributed by atoms with Crippen LogP contribution in [0.1, 0.15) is 42.6 Å². The second-order valence-electron chi connectivity index (χ2n) is 7.29. The molecular formula is C19H24F4N2O3. The van der Waals surface area contributed by atoms with Crippen molar-refractivity contribution in [3.63, 3.8) is 0 Å². The van der Waals surface area contributed by atoms with E-state index in [4.69, 9.17) is 5.11 Å². The molecule has 2 rings (SSSR count). The maximum Gasteiger partial charge on any atom is 0.423 e. The summed E-state index contributed by atoms with van der Waals surface area (Å²) in [5.74, 6) is -2.51. The molecule has 0 radical (unpaired) electrons. The number of nitrogens with zero attached hydrogens (tertiary/aromatic N) is 2. The molecule has 1 atom stereocenters. The van der Waals surface area contributed by atoms with Gasteiger partial charge >= 0.3 is 6.18 Å².